The minimum Gasteiger partial charge on any atom is -0.394 e. The molecule has 0 aliphatic carbocycles. The number of aliphatic hydroxyl groups is 1. The number of fused-ring (bicyclic) bond motifs is 1. The molecule has 0 bridgehead atoms. The molecule has 6 heteroatoms. The van der Waals surface area contributed by atoms with Crippen LogP contribution in [0.1, 0.15) is 0 Å². The molecule has 0 aliphatic rings. The lowest BCUT2D eigenvalue weighted by Crippen LogP contribution is -2.12. The van der Waals surface area contributed by atoms with Crippen LogP contribution in [0.4, 0.5) is 5.82 Å². The Bertz CT molecular complexity index is 522. The molecule has 2 rings (SSSR count). The summed E-state index contributed by atoms with van der Waals surface area (Å²) >= 11 is 5.98. The molecule has 0 fully saturated rings. The van der Waals surface area contributed by atoms with Crippen LogP contribution >= 0.6 is 11.6 Å². The molecular weight excluding hydrogens is 254 g/mol. The lowest BCUT2D eigenvalue weighted by molar-refractivity contribution is 0.0992. The summed E-state index contributed by atoms with van der Waals surface area (Å²) in [6, 6.07) is 7.67. The Morgan fingerprint density at radius 2 is 1.94 bits per heavy atom. The third-order valence-corrected chi connectivity index (χ3v) is 2.70. The smallest absolute Gasteiger partial charge is 0.159 e. The number of ether oxygens (including phenoxy) is 1. The highest BCUT2D eigenvalue weighted by molar-refractivity contribution is 6.34. The predicted octanol–water partition coefficient (Wildman–Crippen LogP) is 1.70. The summed E-state index contributed by atoms with van der Waals surface area (Å²) in [5.74, 6) is 0.683. The van der Waals surface area contributed by atoms with E-state index in [4.69, 9.17) is 21.4 Å². The summed E-state index contributed by atoms with van der Waals surface area (Å²) in [5.41, 5.74) is 0. The number of aromatic nitrogens is 2. The molecule has 18 heavy (non-hydrogen) atoms. The average Bonchev–Trinajstić information content (AvgIpc) is 2.41. The fraction of sp³-hybridized carbons (Fsp3) is 0.333. The molecule has 0 saturated carbocycles. The first-order valence-electron chi connectivity index (χ1n) is 5.66. The monoisotopic (exact) mass is 267 g/mol. The van der Waals surface area contributed by atoms with Crippen LogP contribution in [0.2, 0.25) is 5.15 Å². The number of benzene rings is 1. The first-order valence-corrected chi connectivity index (χ1v) is 6.04. The highest BCUT2D eigenvalue weighted by Gasteiger charge is 2.06. The van der Waals surface area contributed by atoms with E-state index in [0.717, 1.165) is 10.8 Å². The van der Waals surface area contributed by atoms with Crippen molar-refractivity contribution in [1.82, 2.24) is 10.2 Å². The lowest BCUT2D eigenvalue weighted by Gasteiger charge is -2.08. The van der Waals surface area contributed by atoms with Crippen molar-refractivity contribution in [3.8, 4) is 0 Å². The Kier molecular flexibility index (Phi) is 4.69. The maximum Gasteiger partial charge on any atom is 0.159 e. The molecule has 0 amide bonds. The third kappa shape index (κ3) is 3.07. The van der Waals surface area contributed by atoms with E-state index in [9.17, 15) is 0 Å². The second kappa shape index (κ2) is 6.49. The zero-order valence-electron chi connectivity index (χ0n) is 9.77. The molecular formula is C12H14ClN3O2. The number of halogens is 1. The van der Waals surface area contributed by atoms with Gasteiger partial charge in [-0.2, -0.15) is 0 Å². The number of hydrogen-bond donors (Lipinski definition) is 2. The molecule has 0 unspecified atom stereocenters. The van der Waals surface area contributed by atoms with Gasteiger partial charge in [0.2, 0.25) is 0 Å². The fourth-order valence-electron chi connectivity index (χ4n) is 1.61. The Hall–Kier alpha value is -1.43. The first kappa shape index (κ1) is 13.0. The molecule has 0 saturated heterocycles. The summed E-state index contributed by atoms with van der Waals surface area (Å²) < 4.78 is 5.15. The Morgan fingerprint density at radius 3 is 2.72 bits per heavy atom. The Morgan fingerprint density at radius 1 is 1.17 bits per heavy atom. The van der Waals surface area contributed by atoms with E-state index in [-0.39, 0.29) is 6.61 Å². The molecule has 2 N–H and O–H groups in total. The van der Waals surface area contributed by atoms with E-state index in [2.05, 4.69) is 15.5 Å². The molecule has 96 valence electrons. The number of hydrogen-bond acceptors (Lipinski definition) is 5. The van der Waals surface area contributed by atoms with Crippen LogP contribution in [0.15, 0.2) is 24.3 Å². The van der Waals surface area contributed by atoms with Gasteiger partial charge in [0.1, 0.15) is 0 Å². The maximum atomic E-state index is 8.57. The van der Waals surface area contributed by atoms with Crippen LogP contribution in [-0.2, 0) is 4.74 Å². The predicted molar refractivity (Wildman–Crippen MR) is 70.9 cm³/mol. The minimum absolute atomic E-state index is 0.0314. The van der Waals surface area contributed by atoms with E-state index in [1.165, 1.54) is 0 Å². The van der Waals surface area contributed by atoms with Gasteiger partial charge in [-0.05, 0) is 0 Å². The van der Waals surface area contributed by atoms with Crippen LogP contribution in [0.25, 0.3) is 10.8 Å². The Labute approximate surface area is 110 Å². The van der Waals surface area contributed by atoms with Gasteiger partial charge in [0.05, 0.1) is 19.8 Å². The van der Waals surface area contributed by atoms with Gasteiger partial charge in [-0.25, -0.2) is 0 Å². The molecule has 1 aromatic heterocycles. The number of nitrogens with one attached hydrogen (secondary N) is 1. The molecule has 0 atom stereocenters. The van der Waals surface area contributed by atoms with Gasteiger partial charge in [0.25, 0.3) is 0 Å². The average molecular weight is 268 g/mol. The second-order valence-electron chi connectivity index (χ2n) is 3.65. The van der Waals surface area contributed by atoms with Gasteiger partial charge >= 0.3 is 0 Å². The summed E-state index contributed by atoms with van der Waals surface area (Å²) in [6.07, 6.45) is 0. The fourth-order valence-corrected chi connectivity index (χ4v) is 1.81. The van der Waals surface area contributed by atoms with Crippen molar-refractivity contribution in [2.24, 2.45) is 0 Å². The van der Waals surface area contributed by atoms with Crippen LogP contribution in [-0.4, -0.2) is 41.7 Å². The molecule has 5 nitrogen and oxygen atoms in total. The van der Waals surface area contributed by atoms with Gasteiger partial charge in [-0.1, -0.05) is 35.9 Å². The van der Waals surface area contributed by atoms with Crippen LogP contribution in [0.3, 0.4) is 0 Å². The van der Waals surface area contributed by atoms with Gasteiger partial charge < -0.3 is 15.2 Å². The normalized spacial score (nSPS) is 10.8. The van der Waals surface area contributed by atoms with Gasteiger partial charge in [0, 0.05) is 17.3 Å². The van der Waals surface area contributed by atoms with Crippen molar-refractivity contribution in [3.05, 3.63) is 29.4 Å². The molecule has 0 aliphatic heterocycles. The summed E-state index contributed by atoms with van der Waals surface area (Å²) in [6.45, 7) is 1.47. The molecule has 1 aromatic carbocycles. The van der Waals surface area contributed by atoms with E-state index in [1.54, 1.807) is 0 Å². The van der Waals surface area contributed by atoms with Crippen LogP contribution < -0.4 is 5.32 Å². The summed E-state index contributed by atoms with van der Waals surface area (Å²) in [5, 5.41) is 21.8. The van der Waals surface area contributed by atoms with Gasteiger partial charge in [0.15, 0.2) is 11.0 Å². The minimum atomic E-state index is 0.0314. The second-order valence-corrected chi connectivity index (χ2v) is 4.01. The molecule has 0 spiro atoms. The number of aliphatic hydroxyl groups excluding tert-OH is 1. The maximum absolute atomic E-state index is 8.57. The molecule has 0 radical (unpaired) electrons. The van der Waals surface area contributed by atoms with Gasteiger partial charge in [-0.15, -0.1) is 10.2 Å². The highest BCUT2D eigenvalue weighted by Crippen LogP contribution is 2.25. The van der Waals surface area contributed by atoms with Crippen molar-refractivity contribution >= 4 is 28.2 Å². The van der Waals surface area contributed by atoms with Crippen molar-refractivity contribution in [2.75, 3.05) is 31.7 Å². The quantitative estimate of drug-likeness (QED) is 0.780. The first-order chi connectivity index (χ1) is 8.83. The third-order valence-electron chi connectivity index (χ3n) is 2.42. The zero-order chi connectivity index (χ0) is 12.8. The van der Waals surface area contributed by atoms with E-state index in [0.29, 0.717) is 30.7 Å². The van der Waals surface area contributed by atoms with Crippen molar-refractivity contribution < 1.29 is 9.84 Å². The van der Waals surface area contributed by atoms with E-state index < -0.39 is 0 Å². The van der Waals surface area contributed by atoms with Crippen molar-refractivity contribution in [3.63, 3.8) is 0 Å². The van der Waals surface area contributed by atoms with E-state index >= 15 is 0 Å². The SMILES string of the molecule is OCCOCCNc1nnc(Cl)c2ccccc12. The zero-order valence-corrected chi connectivity index (χ0v) is 10.5. The topological polar surface area (TPSA) is 67.3 Å². The van der Waals surface area contributed by atoms with Crippen molar-refractivity contribution in [2.45, 2.75) is 0 Å². The Balaban J connectivity index is 2.07. The van der Waals surface area contributed by atoms with Crippen LogP contribution in [0, 0.1) is 0 Å². The highest BCUT2D eigenvalue weighted by atomic mass is 35.5. The van der Waals surface area contributed by atoms with E-state index in [1.807, 2.05) is 24.3 Å². The summed E-state index contributed by atoms with van der Waals surface area (Å²) in [4.78, 5) is 0. The number of anilines is 1. The van der Waals surface area contributed by atoms with Crippen LogP contribution in [0.5, 0.6) is 0 Å². The molecule has 1 heterocycles. The number of nitrogens with zero attached hydrogens (tertiary/aromatic N) is 2. The largest absolute Gasteiger partial charge is 0.394 e. The number of rotatable bonds is 6. The molecule has 2 aromatic rings. The standard InChI is InChI=1S/C12H14ClN3O2/c13-11-9-3-1-2-4-10(9)12(16-15-11)14-5-7-18-8-6-17/h1-4,17H,5-8H2,(H,14,16). The summed E-state index contributed by atoms with van der Waals surface area (Å²) in [7, 11) is 0. The van der Waals surface area contributed by atoms with Gasteiger partial charge in [-0.3, -0.25) is 0 Å². The lowest BCUT2D eigenvalue weighted by atomic mass is 10.2. The van der Waals surface area contributed by atoms with Crippen molar-refractivity contribution in [1.29, 1.82) is 0 Å².